The average molecular weight is 259 g/mol. The van der Waals surface area contributed by atoms with Gasteiger partial charge in [0.1, 0.15) is 6.33 Å². The average Bonchev–Trinajstić information content (AvgIpc) is 2.42. The summed E-state index contributed by atoms with van der Waals surface area (Å²) in [6.07, 6.45) is 1.41. The van der Waals surface area contributed by atoms with Gasteiger partial charge in [0, 0.05) is 12.3 Å². The Bertz CT molecular complexity index is 609. The van der Waals surface area contributed by atoms with Gasteiger partial charge in [-0.25, -0.2) is 9.97 Å². The summed E-state index contributed by atoms with van der Waals surface area (Å²) < 4.78 is 0. The van der Waals surface area contributed by atoms with E-state index < -0.39 is 0 Å². The number of amides is 2. The number of benzene rings is 1. The predicted octanol–water partition coefficient (Wildman–Crippen LogP) is 0.209. The van der Waals surface area contributed by atoms with Gasteiger partial charge < -0.3 is 5.32 Å². The zero-order chi connectivity index (χ0) is 13.7. The molecule has 7 heteroatoms. The van der Waals surface area contributed by atoms with Crippen LogP contribution in [0.2, 0.25) is 0 Å². The smallest absolute Gasteiger partial charge is 0.257 e. The second-order valence-electron chi connectivity index (χ2n) is 3.82. The van der Waals surface area contributed by atoms with Crippen molar-refractivity contribution in [1.82, 2.24) is 20.7 Å². The van der Waals surface area contributed by atoms with Crippen molar-refractivity contribution in [3.05, 3.63) is 30.6 Å². The fraction of sp³-hybridized carbons (Fsp3) is 0.167. The fourth-order valence-electron chi connectivity index (χ4n) is 1.48. The van der Waals surface area contributed by atoms with Crippen LogP contribution in [-0.4, -0.2) is 28.3 Å². The Morgan fingerprint density at radius 1 is 1.21 bits per heavy atom. The predicted molar refractivity (Wildman–Crippen MR) is 70.0 cm³/mol. The van der Waals surface area contributed by atoms with Crippen molar-refractivity contribution in [3.8, 4) is 0 Å². The highest BCUT2D eigenvalue weighted by atomic mass is 16.2. The van der Waals surface area contributed by atoms with Gasteiger partial charge in [0.05, 0.1) is 12.1 Å². The molecule has 7 nitrogen and oxygen atoms in total. The summed E-state index contributed by atoms with van der Waals surface area (Å²) in [7, 11) is 0. The molecule has 0 bridgehead atoms. The van der Waals surface area contributed by atoms with Gasteiger partial charge in [-0.2, -0.15) is 0 Å². The van der Waals surface area contributed by atoms with E-state index in [1.54, 1.807) is 0 Å². The highest BCUT2D eigenvalue weighted by Gasteiger charge is 2.05. The van der Waals surface area contributed by atoms with Crippen molar-refractivity contribution in [2.24, 2.45) is 0 Å². The van der Waals surface area contributed by atoms with Gasteiger partial charge in [-0.15, -0.1) is 0 Å². The molecule has 0 saturated carbocycles. The van der Waals surface area contributed by atoms with Crippen molar-refractivity contribution < 1.29 is 9.59 Å². The molecule has 0 fully saturated rings. The lowest BCUT2D eigenvalue weighted by molar-refractivity contribution is -0.124. The van der Waals surface area contributed by atoms with E-state index in [0.717, 1.165) is 10.9 Å². The molecule has 0 unspecified atom stereocenters. The maximum atomic E-state index is 11.4. The molecule has 2 amide bonds. The highest BCUT2D eigenvalue weighted by Crippen LogP contribution is 2.17. The molecule has 0 saturated heterocycles. The second kappa shape index (κ2) is 5.76. The van der Waals surface area contributed by atoms with Crippen LogP contribution in [0.25, 0.3) is 10.9 Å². The first-order chi connectivity index (χ1) is 9.16. The van der Waals surface area contributed by atoms with E-state index in [1.165, 1.54) is 13.3 Å². The molecule has 3 N–H and O–H groups in total. The number of carbonyl (C=O) groups excluding carboxylic acids is 2. The minimum absolute atomic E-state index is 0.0919. The quantitative estimate of drug-likeness (QED) is 0.682. The zero-order valence-corrected chi connectivity index (χ0v) is 10.3. The Morgan fingerprint density at radius 2 is 2.00 bits per heavy atom. The zero-order valence-electron chi connectivity index (χ0n) is 10.3. The first-order valence-corrected chi connectivity index (χ1v) is 5.66. The lowest BCUT2D eigenvalue weighted by Gasteiger charge is -2.09. The number of nitrogens with zero attached hydrogens (tertiary/aromatic N) is 2. The summed E-state index contributed by atoms with van der Waals surface area (Å²) in [4.78, 5) is 30.2. The van der Waals surface area contributed by atoms with Crippen molar-refractivity contribution in [2.45, 2.75) is 6.92 Å². The minimum Gasteiger partial charge on any atom is -0.347 e. The van der Waals surface area contributed by atoms with Crippen molar-refractivity contribution in [2.75, 3.05) is 12.0 Å². The van der Waals surface area contributed by atoms with Gasteiger partial charge in [-0.1, -0.05) is 12.1 Å². The summed E-state index contributed by atoms with van der Waals surface area (Å²) in [5, 5.41) is 3.19. The topological polar surface area (TPSA) is 96.0 Å². The number of fused-ring (bicyclic) bond motifs is 1. The lowest BCUT2D eigenvalue weighted by atomic mass is 10.2. The van der Waals surface area contributed by atoms with E-state index in [4.69, 9.17) is 0 Å². The summed E-state index contributed by atoms with van der Waals surface area (Å²) in [5.74, 6) is -0.123. The maximum Gasteiger partial charge on any atom is 0.257 e. The molecule has 1 aromatic heterocycles. The SMILES string of the molecule is CC(=O)NCC(=O)NNc1ncnc2ccccc12. The first kappa shape index (κ1) is 12.7. The number of hydrazine groups is 1. The van der Waals surface area contributed by atoms with E-state index in [9.17, 15) is 9.59 Å². The Labute approximate surface area is 109 Å². The van der Waals surface area contributed by atoms with E-state index in [-0.39, 0.29) is 18.4 Å². The number of para-hydroxylation sites is 1. The van der Waals surface area contributed by atoms with Crippen molar-refractivity contribution in [1.29, 1.82) is 0 Å². The summed E-state index contributed by atoms with van der Waals surface area (Å²) in [6.45, 7) is 1.25. The van der Waals surface area contributed by atoms with Crippen LogP contribution in [-0.2, 0) is 9.59 Å². The third-order valence-electron chi connectivity index (χ3n) is 2.36. The number of hydrogen-bond donors (Lipinski definition) is 3. The summed E-state index contributed by atoms with van der Waals surface area (Å²) in [5.41, 5.74) is 5.94. The van der Waals surface area contributed by atoms with E-state index in [1.807, 2.05) is 24.3 Å². The van der Waals surface area contributed by atoms with Crippen LogP contribution in [0.3, 0.4) is 0 Å². The van der Waals surface area contributed by atoms with Gasteiger partial charge in [0.15, 0.2) is 5.82 Å². The molecule has 0 atom stereocenters. The Morgan fingerprint density at radius 3 is 2.79 bits per heavy atom. The molecule has 2 rings (SSSR count). The van der Waals surface area contributed by atoms with Crippen molar-refractivity contribution in [3.63, 3.8) is 0 Å². The van der Waals surface area contributed by atoms with Crippen LogP contribution in [0.15, 0.2) is 30.6 Å². The molecule has 0 radical (unpaired) electrons. The van der Waals surface area contributed by atoms with Gasteiger partial charge >= 0.3 is 0 Å². The van der Waals surface area contributed by atoms with Crippen LogP contribution < -0.4 is 16.2 Å². The lowest BCUT2D eigenvalue weighted by Crippen LogP contribution is -2.38. The van der Waals surface area contributed by atoms with E-state index in [0.29, 0.717) is 5.82 Å². The molecule has 0 spiro atoms. The number of nitrogens with one attached hydrogen (secondary N) is 3. The highest BCUT2D eigenvalue weighted by molar-refractivity contribution is 5.90. The van der Waals surface area contributed by atoms with Crippen molar-refractivity contribution >= 4 is 28.5 Å². The fourth-order valence-corrected chi connectivity index (χ4v) is 1.48. The van der Waals surface area contributed by atoms with E-state index in [2.05, 4.69) is 26.1 Å². The van der Waals surface area contributed by atoms with Crippen LogP contribution in [0.1, 0.15) is 6.92 Å². The largest absolute Gasteiger partial charge is 0.347 e. The van der Waals surface area contributed by atoms with Gasteiger partial charge in [-0.05, 0) is 12.1 Å². The standard InChI is InChI=1S/C12H13N5O2/c1-8(18)13-6-11(19)16-17-12-9-4-2-3-5-10(9)14-7-15-12/h2-5,7H,6H2,1H3,(H,13,18)(H,16,19)(H,14,15,17). The second-order valence-corrected chi connectivity index (χ2v) is 3.82. The molecule has 0 aliphatic rings. The number of aromatic nitrogens is 2. The number of anilines is 1. The molecule has 0 aliphatic carbocycles. The number of rotatable bonds is 4. The number of hydrogen-bond acceptors (Lipinski definition) is 5. The van der Waals surface area contributed by atoms with Gasteiger partial charge in [0.25, 0.3) is 5.91 Å². The summed E-state index contributed by atoms with van der Waals surface area (Å²) in [6, 6.07) is 7.42. The Hall–Kier alpha value is -2.70. The molecule has 1 heterocycles. The minimum atomic E-state index is -0.363. The van der Waals surface area contributed by atoms with Gasteiger partial charge in [0.2, 0.25) is 5.91 Å². The molecule has 2 aromatic rings. The summed E-state index contributed by atoms with van der Waals surface area (Å²) >= 11 is 0. The van der Waals surface area contributed by atoms with Crippen LogP contribution >= 0.6 is 0 Å². The molecular weight excluding hydrogens is 246 g/mol. The van der Waals surface area contributed by atoms with Gasteiger partial charge in [-0.3, -0.25) is 20.4 Å². The monoisotopic (exact) mass is 259 g/mol. The maximum absolute atomic E-state index is 11.4. The van der Waals surface area contributed by atoms with Crippen LogP contribution in [0.5, 0.6) is 0 Å². The number of carbonyl (C=O) groups is 2. The Kier molecular flexibility index (Phi) is 3.87. The third-order valence-corrected chi connectivity index (χ3v) is 2.36. The Balaban J connectivity index is 2.02. The van der Waals surface area contributed by atoms with Crippen LogP contribution in [0.4, 0.5) is 5.82 Å². The van der Waals surface area contributed by atoms with E-state index >= 15 is 0 Å². The molecular formula is C12H13N5O2. The normalized spacial score (nSPS) is 9.95. The van der Waals surface area contributed by atoms with Crippen LogP contribution in [0, 0.1) is 0 Å². The molecule has 19 heavy (non-hydrogen) atoms. The first-order valence-electron chi connectivity index (χ1n) is 5.66. The third kappa shape index (κ3) is 3.38. The molecule has 0 aliphatic heterocycles. The molecule has 1 aromatic carbocycles. The molecule has 98 valence electrons.